The molecular formula is C14H22FN. The summed E-state index contributed by atoms with van der Waals surface area (Å²) in [5, 5.41) is 3.44. The Labute approximate surface area is 98.1 Å². The molecule has 90 valence electrons. The molecule has 0 spiro atoms. The highest BCUT2D eigenvalue weighted by atomic mass is 19.1. The minimum Gasteiger partial charge on any atom is -0.314 e. The van der Waals surface area contributed by atoms with Gasteiger partial charge in [-0.25, -0.2) is 4.39 Å². The second kappa shape index (κ2) is 7.39. The van der Waals surface area contributed by atoms with E-state index in [1.54, 1.807) is 6.07 Å². The molecule has 0 amide bonds. The first-order chi connectivity index (χ1) is 7.77. The largest absolute Gasteiger partial charge is 0.314 e. The lowest BCUT2D eigenvalue weighted by Crippen LogP contribution is -2.28. The SMILES string of the molecule is CCNC(CC)CCCc1ccccc1F. The predicted molar refractivity (Wildman–Crippen MR) is 67.1 cm³/mol. The van der Waals surface area contributed by atoms with Crippen LogP contribution in [0.25, 0.3) is 0 Å². The Balaban J connectivity index is 2.32. The second-order valence-corrected chi connectivity index (χ2v) is 4.15. The number of aryl methyl sites for hydroxylation is 1. The molecule has 0 bridgehead atoms. The number of benzene rings is 1. The van der Waals surface area contributed by atoms with Gasteiger partial charge in [0.1, 0.15) is 5.82 Å². The van der Waals surface area contributed by atoms with Crippen molar-refractivity contribution in [2.24, 2.45) is 0 Å². The standard InChI is InChI=1S/C14H22FN/c1-3-13(16-4-2)10-7-9-12-8-5-6-11-14(12)15/h5-6,8,11,13,16H,3-4,7,9-10H2,1-2H3. The van der Waals surface area contributed by atoms with Crippen LogP contribution in [0, 0.1) is 5.82 Å². The fourth-order valence-electron chi connectivity index (χ4n) is 1.98. The zero-order valence-corrected chi connectivity index (χ0v) is 10.3. The third-order valence-electron chi connectivity index (χ3n) is 2.94. The maximum Gasteiger partial charge on any atom is 0.126 e. The van der Waals surface area contributed by atoms with E-state index in [1.807, 2.05) is 12.1 Å². The quantitative estimate of drug-likeness (QED) is 0.745. The number of nitrogens with one attached hydrogen (secondary N) is 1. The van der Waals surface area contributed by atoms with Gasteiger partial charge in [-0.1, -0.05) is 32.0 Å². The van der Waals surface area contributed by atoms with Crippen LogP contribution in [0.1, 0.15) is 38.7 Å². The summed E-state index contributed by atoms with van der Waals surface area (Å²) >= 11 is 0. The average Bonchev–Trinajstić information content (AvgIpc) is 2.30. The van der Waals surface area contributed by atoms with E-state index in [4.69, 9.17) is 0 Å². The normalized spacial score (nSPS) is 12.7. The van der Waals surface area contributed by atoms with Crippen LogP contribution in [-0.4, -0.2) is 12.6 Å². The van der Waals surface area contributed by atoms with Crippen LogP contribution >= 0.6 is 0 Å². The molecule has 1 N–H and O–H groups in total. The van der Waals surface area contributed by atoms with E-state index < -0.39 is 0 Å². The monoisotopic (exact) mass is 223 g/mol. The molecule has 0 saturated carbocycles. The van der Waals surface area contributed by atoms with Gasteiger partial charge < -0.3 is 5.32 Å². The maximum absolute atomic E-state index is 13.3. The molecule has 1 nitrogen and oxygen atoms in total. The van der Waals surface area contributed by atoms with Crippen molar-refractivity contribution in [2.75, 3.05) is 6.54 Å². The molecule has 0 radical (unpaired) electrons. The molecule has 1 atom stereocenters. The van der Waals surface area contributed by atoms with Crippen molar-refractivity contribution in [2.45, 2.75) is 45.6 Å². The van der Waals surface area contributed by atoms with Crippen molar-refractivity contribution in [3.8, 4) is 0 Å². The molecule has 1 aromatic carbocycles. The van der Waals surface area contributed by atoms with E-state index in [-0.39, 0.29) is 5.82 Å². The molecule has 0 saturated heterocycles. The zero-order valence-electron chi connectivity index (χ0n) is 10.3. The van der Waals surface area contributed by atoms with Crippen LogP contribution in [0.15, 0.2) is 24.3 Å². The molecule has 0 aliphatic heterocycles. The van der Waals surface area contributed by atoms with Gasteiger partial charge in [-0.05, 0) is 43.9 Å². The van der Waals surface area contributed by atoms with E-state index >= 15 is 0 Å². The van der Waals surface area contributed by atoms with Crippen LogP contribution in [-0.2, 0) is 6.42 Å². The van der Waals surface area contributed by atoms with Crippen LogP contribution in [0.4, 0.5) is 4.39 Å². The summed E-state index contributed by atoms with van der Waals surface area (Å²) in [5.74, 6) is -0.0704. The summed E-state index contributed by atoms with van der Waals surface area (Å²) in [6.45, 7) is 5.33. The highest BCUT2D eigenvalue weighted by molar-refractivity contribution is 5.17. The lowest BCUT2D eigenvalue weighted by molar-refractivity contribution is 0.464. The van der Waals surface area contributed by atoms with E-state index in [1.165, 1.54) is 6.07 Å². The molecule has 16 heavy (non-hydrogen) atoms. The highest BCUT2D eigenvalue weighted by Crippen LogP contribution is 2.11. The minimum atomic E-state index is -0.0704. The van der Waals surface area contributed by atoms with Gasteiger partial charge in [0.25, 0.3) is 0 Å². The van der Waals surface area contributed by atoms with Crippen LogP contribution in [0.2, 0.25) is 0 Å². The Morgan fingerprint density at radius 1 is 1.25 bits per heavy atom. The minimum absolute atomic E-state index is 0.0704. The fourth-order valence-corrected chi connectivity index (χ4v) is 1.98. The van der Waals surface area contributed by atoms with Gasteiger partial charge in [0.2, 0.25) is 0 Å². The Kier molecular flexibility index (Phi) is 6.09. The van der Waals surface area contributed by atoms with Crippen molar-refractivity contribution in [1.29, 1.82) is 0 Å². The average molecular weight is 223 g/mol. The lowest BCUT2D eigenvalue weighted by Gasteiger charge is -2.15. The Morgan fingerprint density at radius 2 is 2.00 bits per heavy atom. The predicted octanol–water partition coefficient (Wildman–Crippen LogP) is 3.54. The Morgan fingerprint density at radius 3 is 2.62 bits per heavy atom. The zero-order chi connectivity index (χ0) is 11.8. The topological polar surface area (TPSA) is 12.0 Å². The van der Waals surface area contributed by atoms with Crippen LogP contribution in [0.5, 0.6) is 0 Å². The van der Waals surface area contributed by atoms with Crippen LogP contribution < -0.4 is 5.32 Å². The first kappa shape index (κ1) is 13.2. The van der Waals surface area contributed by atoms with E-state index in [2.05, 4.69) is 19.2 Å². The molecule has 2 heteroatoms. The molecule has 1 aromatic rings. The second-order valence-electron chi connectivity index (χ2n) is 4.15. The highest BCUT2D eigenvalue weighted by Gasteiger charge is 2.05. The lowest BCUT2D eigenvalue weighted by atomic mass is 10.0. The molecule has 1 unspecified atom stereocenters. The van der Waals surface area contributed by atoms with Gasteiger partial charge in [0, 0.05) is 6.04 Å². The molecule has 0 fully saturated rings. The molecular weight excluding hydrogens is 201 g/mol. The third-order valence-corrected chi connectivity index (χ3v) is 2.94. The summed E-state index contributed by atoms with van der Waals surface area (Å²) in [7, 11) is 0. The molecule has 1 rings (SSSR count). The van der Waals surface area contributed by atoms with Crippen molar-refractivity contribution in [1.82, 2.24) is 5.32 Å². The maximum atomic E-state index is 13.3. The summed E-state index contributed by atoms with van der Waals surface area (Å²) in [6.07, 6.45) is 4.16. The van der Waals surface area contributed by atoms with E-state index in [9.17, 15) is 4.39 Å². The van der Waals surface area contributed by atoms with E-state index in [0.29, 0.717) is 6.04 Å². The molecule has 0 aromatic heterocycles. The van der Waals surface area contributed by atoms with Crippen molar-refractivity contribution < 1.29 is 4.39 Å². The molecule has 0 heterocycles. The van der Waals surface area contributed by atoms with Gasteiger partial charge in [-0.2, -0.15) is 0 Å². The fraction of sp³-hybridized carbons (Fsp3) is 0.571. The number of hydrogen-bond donors (Lipinski definition) is 1. The first-order valence-electron chi connectivity index (χ1n) is 6.24. The summed E-state index contributed by atoms with van der Waals surface area (Å²) < 4.78 is 13.3. The van der Waals surface area contributed by atoms with Gasteiger partial charge in [-0.15, -0.1) is 0 Å². The van der Waals surface area contributed by atoms with Gasteiger partial charge >= 0.3 is 0 Å². The molecule has 0 aliphatic rings. The summed E-state index contributed by atoms with van der Waals surface area (Å²) in [6, 6.07) is 7.64. The third kappa shape index (κ3) is 4.31. The van der Waals surface area contributed by atoms with Crippen molar-refractivity contribution >= 4 is 0 Å². The molecule has 0 aliphatic carbocycles. The smallest absolute Gasteiger partial charge is 0.126 e. The number of hydrogen-bond acceptors (Lipinski definition) is 1. The summed E-state index contributed by atoms with van der Waals surface area (Å²) in [4.78, 5) is 0. The number of rotatable bonds is 7. The van der Waals surface area contributed by atoms with Gasteiger partial charge in [0.15, 0.2) is 0 Å². The van der Waals surface area contributed by atoms with Gasteiger partial charge in [-0.3, -0.25) is 0 Å². The van der Waals surface area contributed by atoms with Crippen molar-refractivity contribution in [3.63, 3.8) is 0 Å². The van der Waals surface area contributed by atoms with Gasteiger partial charge in [0.05, 0.1) is 0 Å². The van der Waals surface area contributed by atoms with Crippen LogP contribution in [0.3, 0.4) is 0 Å². The number of halogens is 1. The van der Waals surface area contributed by atoms with E-state index in [0.717, 1.165) is 37.8 Å². The Bertz CT molecular complexity index is 299. The van der Waals surface area contributed by atoms with Crippen molar-refractivity contribution in [3.05, 3.63) is 35.6 Å². The summed E-state index contributed by atoms with van der Waals surface area (Å²) in [5.41, 5.74) is 0.842. The first-order valence-corrected chi connectivity index (χ1v) is 6.24. The Hall–Kier alpha value is -0.890.